The van der Waals surface area contributed by atoms with E-state index in [-0.39, 0.29) is 0 Å². The molecule has 1 rings (SSSR count). The predicted molar refractivity (Wildman–Crippen MR) is 70.9 cm³/mol. The van der Waals surface area contributed by atoms with Gasteiger partial charge in [0.15, 0.2) is 0 Å². The molecule has 0 spiro atoms. The molecule has 0 aliphatic rings. The molecule has 0 aromatic carbocycles. The van der Waals surface area contributed by atoms with Crippen LogP contribution in [0.25, 0.3) is 11.1 Å². The first kappa shape index (κ1) is 12.2. The Morgan fingerprint density at radius 1 is 1.38 bits per heavy atom. The van der Waals surface area contributed by atoms with Gasteiger partial charge >= 0.3 is 0 Å². The van der Waals surface area contributed by atoms with Crippen LogP contribution >= 0.6 is 0 Å². The molecule has 0 fully saturated rings. The van der Waals surface area contributed by atoms with Gasteiger partial charge < -0.3 is 0 Å². The molecule has 0 radical (unpaired) electrons. The Morgan fingerprint density at radius 3 is 2.56 bits per heavy atom. The van der Waals surface area contributed by atoms with Gasteiger partial charge in [0.25, 0.3) is 0 Å². The highest BCUT2D eigenvalue weighted by Crippen LogP contribution is 2.24. The summed E-state index contributed by atoms with van der Waals surface area (Å²) in [6.07, 6.45) is 7.91. The van der Waals surface area contributed by atoms with Crippen LogP contribution in [0.5, 0.6) is 0 Å². The van der Waals surface area contributed by atoms with Crippen LogP contribution < -0.4 is 0 Å². The number of allylic oxidation sites excluding steroid dienone is 6. The van der Waals surface area contributed by atoms with Gasteiger partial charge in [0.1, 0.15) is 0 Å². The number of hydrogen-bond donors (Lipinski definition) is 1. The molecule has 2 heteroatoms. The normalized spacial score (nSPS) is 12.1. The van der Waals surface area contributed by atoms with Crippen LogP contribution in [0.3, 0.4) is 0 Å². The van der Waals surface area contributed by atoms with E-state index < -0.39 is 0 Å². The molecule has 16 heavy (non-hydrogen) atoms. The fourth-order valence-electron chi connectivity index (χ4n) is 1.49. The predicted octanol–water partition coefficient (Wildman–Crippen LogP) is 3.98. The maximum Gasteiger partial charge on any atom is 0.0679 e. The molecule has 1 aromatic rings. The van der Waals surface area contributed by atoms with Crippen LogP contribution in [0.2, 0.25) is 0 Å². The van der Waals surface area contributed by atoms with Crippen LogP contribution in [0, 0.1) is 0 Å². The zero-order valence-electron chi connectivity index (χ0n) is 10.2. The van der Waals surface area contributed by atoms with Gasteiger partial charge in [-0.15, -0.1) is 0 Å². The van der Waals surface area contributed by atoms with Gasteiger partial charge in [0.2, 0.25) is 0 Å². The van der Waals surface area contributed by atoms with Crippen LogP contribution in [-0.2, 0) is 0 Å². The zero-order chi connectivity index (χ0) is 12.1. The summed E-state index contributed by atoms with van der Waals surface area (Å²) < 4.78 is 0. The molecule has 1 aromatic heterocycles. The number of nitrogens with zero attached hydrogens (tertiary/aromatic N) is 1. The Balaban J connectivity index is 3.27. The second-order valence-electron chi connectivity index (χ2n) is 3.89. The number of rotatable bonds is 4. The highest BCUT2D eigenvalue weighted by atomic mass is 15.1. The second-order valence-corrected chi connectivity index (χ2v) is 3.89. The largest absolute Gasteiger partial charge is 0.278 e. The van der Waals surface area contributed by atoms with Crippen LogP contribution in [0.4, 0.5) is 0 Å². The number of aromatic nitrogens is 2. The van der Waals surface area contributed by atoms with Gasteiger partial charge in [-0.3, -0.25) is 5.10 Å². The summed E-state index contributed by atoms with van der Waals surface area (Å²) >= 11 is 0. The standard InChI is InChI=1S/C14H18N2/c1-6-7-12(8-10(2)3)13-9-15-16-14(13)11(4)5/h6-9H,2,4H2,1,3,5H3,(H,15,16)/b7-6-,12-8+. The van der Waals surface area contributed by atoms with Crippen molar-refractivity contribution in [1.29, 1.82) is 0 Å². The monoisotopic (exact) mass is 214 g/mol. The Kier molecular flexibility index (Phi) is 4.06. The van der Waals surface area contributed by atoms with E-state index >= 15 is 0 Å². The molecule has 0 saturated carbocycles. The minimum Gasteiger partial charge on any atom is -0.278 e. The van der Waals surface area contributed by atoms with E-state index in [1.165, 1.54) is 0 Å². The van der Waals surface area contributed by atoms with Crippen molar-refractivity contribution in [2.45, 2.75) is 20.8 Å². The van der Waals surface area contributed by atoms with E-state index in [9.17, 15) is 0 Å². The summed E-state index contributed by atoms with van der Waals surface area (Å²) in [5.41, 5.74) is 5.13. The lowest BCUT2D eigenvalue weighted by molar-refractivity contribution is 1.07. The molecule has 84 valence electrons. The molecule has 0 saturated heterocycles. The van der Waals surface area contributed by atoms with Crippen molar-refractivity contribution in [3.8, 4) is 0 Å². The van der Waals surface area contributed by atoms with E-state index in [1.54, 1.807) is 0 Å². The van der Waals surface area contributed by atoms with Gasteiger partial charge in [0, 0.05) is 5.56 Å². The van der Waals surface area contributed by atoms with E-state index in [0.717, 1.165) is 28.0 Å². The summed E-state index contributed by atoms with van der Waals surface area (Å²) in [7, 11) is 0. The molecule has 0 atom stereocenters. The van der Waals surface area contributed by atoms with E-state index in [1.807, 2.05) is 45.2 Å². The fraction of sp³-hybridized carbons (Fsp3) is 0.214. The highest BCUT2D eigenvalue weighted by Gasteiger charge is 2.08. The van der Waals surface area contributed by atoms with Crippen molar-refractivity contribution < 1.29 is 0 Å². The SMILES string of the molecule is C=C(C)/C=C(\C=C/C)c1cn[nH]c1C(=C)C. The zero-order valence-corrected chi connectivity index (χ0v) is 10.2. The van der Waals surface area contributed by atoms with Crippen LogP contribution in [-0.4, -0.2) is 10.2 Å². The van der Waals surface area contributed by atoms with Crippen LogP contribution in [0.1, 0.15) is 32.0 Å². The number of hydrogen-bond acceptors (Lipinski definition) is 1. The first-order valence-corrected chi connectivity index (χ1v) is 5.25. The molecule has 2 nitrogen and oxygen atoms in total. The van der Waals surface area contributed by atoms with Gasteiger partial charge in [-0.05, 0) is 31.9 Å². The van der Waals surface area contributed by atoms with Gasteiger partial charge in [-0.25, -0.2) is 0 Å². The van der Waals surface area contributed by atoms with E-state index in [4.69, 9.17) is 0 Å². The highest BCUT2D eigenvalue weighted by molar-refractivity contribution is 5.82. The third kappa shape index (κ3) is 2.83. The Hall–Kier alpha value is -1.83. The fourth-order valence-corrected chi connectivity index (χ4v) is 1.49. The molecule has 1 heterocycles. The van der Waals surface area contributed by atoms with Crippen molar-refractivity contribution >= 4 is 11.1 Å². The average Bonchev–Trinajstić information content (AvgIpc) is 2.64. The van der Waals surface area contributed by atoms with Crippen molar-refractivity contribution in [2.75, 3.05) is 0 Å². The number of aromatic amines is 1. The molecule has 0 aliphatic heterocycles. The first-order chi connectivity index (χ1) is 7.56. The molecular weight excluding hydrogens is 196 g/mol. The summed E-state index contributed by atoms with van der Waals surface area (Å²) in [5, 5.41) is 7.03. The second kappa shape index (κ2) is 5.31. The topological polar surface area (TPSA) is 28.7 Å². The molecule has 1 N–H and O–H groups in total. The van der Waals surface area contributed by atoms with E-state index in [0.29, 0.717) is 0 Å². The summed E-state index contributed by atoms with van der Waals surface area (Å²) in [5.74, 6) is 0. The number of nitrogens with one attached hydrogen (secondary N) is 1. The van der Waals surface area contributed by atoms with Crippen molar-refractivity contribution in [1.82, 2.24) is 10.2 Å². The lowest BCUT2D eigenvalue weighted by Crippen LogP contribution is -1.87. The smallest absolute Gasteiger partial charge is 0.0679 e. The maximum atomic E-state index is 4.06. The van der Waals surface area contributed by atoms with Gasteiger partial charge in [0.05, 0.1) is 11.9 Å². The summed E-state index contributed by atoms with van der Waals surface area (Å²) in [6.45, 7) is 13.8. The first-order valence-electron chi connectivity index (χ1n) is 5.25. The minimum atomic E-state index is 0.976. The molecule has 0 aliphatic carbocycles. The van der Waals surface area contributed by atoms with Crippen molar-refractivity contribution in [3.63, 3.8) is 0 Å². The summed E-state index contributed by atoms with van der Waals surface area (Å²) in [4.78, 5) is 0. The van der Waals surface area contributed by atoms with Crippen LogP contribution in [0.15, 0.2) is 43.2 Å². The lowest BCUT2D eigenvalue weighted by atomic mass is 10.0. The lowest BCUT2D eigenvalue weighted by Gasteiger charge is -2.03. The molecule has 0 amide bonds. The van der Waals surface area contributed by atoms with Gasteiger partial charge in [-0.1, -0.05) is 37.0 Å². The third-order valence-corrected chi connectivity index (χ3v) is 2.13. The third-order valence-electron chi connectivity index (χ3n) is 2.13. The summed E-state index contributed by atoms with van der Waals surface area (Å²) in [6, 6.07) is 0. The Morgan fingerprint density at radius 2 is 2.06 bits per heavy atom. The van der Waals surface area contributed by atoms with E-state index in [2.05, 4.69) is 23.4 Å². The average molecular weight is 214 g/mol. The minimum absolute atomic E-state index is 0.976. The Labute approximate surface area is 97.1 Å². The quantitative estimate of drug-likeness (QED) is 0.754. The Bertz CT molecular complexity index is 459. The molecule has 0 unspecified atom stereocenters. The number of H-pyrrole nitrogens is 1. The molecular formula is C14H18N2. The van der Waals surface area contributed by atoms with Gasteiger partial charge in [-0.2, -0.15) is 5.10 Å². The van der Waals surface area contributed by atoms with Crippen molar-refractivity contribution in [2.24, 2.45) is 0 Å². The molecule has 0 bridgehead atoms. The van der Waals surface area contributed by atoms with Crippen molar-refractivity contribution in [3.05, 3.63) is 54.4 Å². The maximum absolute atomic E-state index is 4.06.